The van der Waals surface area contributed by atoms with Crippen molar-refractivity contribution in [2.24, 2.45) is 11.1 Å². The third-order valence-corrected chi connectivity index (χ3v) is 4.12. The van der Waals surface area contributed by atoms with Crippen LogP contribution in [0.4, 0.5) is 0 Å². The van der Waals surface area contributed by atoms with E-state index in [0.717, 1.165) is 17.8 Å². The van der Waals surface area contributed by atoms with Gasteiger partial charge in [0.05, 0.1) is 11.3 Å². The van der Waals surface area contributed by atoms with E-state index in [2.05, 4.69) is 24.1 Å². The molecule has 98 valence electrons. The van der Waals surface area contributed by atoms with E-state index in [1.54, 1.807) is 0 Å². The Morgan fingerprint density at radius 3 is 2.61 bits per heavy atom. The number of pyridine rings is 1. The van der Waals surface area contributed by atoms with Crippen LogP contribution in [0.15, 0.2) is 12.1 Å². The summed E-state index contributed by atoms with van der Waals surface area (Å²) in [6.07, 6.45) is 0.844. The quantitative estimate of drug-likeness (QED) is 0.833. The molecule has 1 fully saturated rings. The minimum absolute atomic E-state index is 0.0261. The van der Waals surface area contributed by atoms with Crippen molar-refractivity contribution in [1.29, 1.82) is 0 Å². The lowest BCUT2D eigenvalue weighted by Gasteiger charge is -2.50. The van der Waals surface area contributed by atoms with Crippen LogP contribution in [0.25, 0.3) is 0 Å². The second kappa shape index (κ2) is 4.35. The molecule has 1 aromatic rings. The molecule has 2 rings (SSSR count). The van der Waals surface area contributed by atoms with Gasteiger partial charge in [0.2, 0.25) is 0 Å². The van der Waals surface area contributed by atoms with Crippen molar-refractivity contribution in [1.82, 2.24) is 10.3 Å². The van der Waals surface area contributed by atoms with Gasteiger partial charge in [-0.2, -0.15) is 0 Å². The lowest BCUT2D eigenvalue weighted by atomic mass is 9.63. The molecule has 0 radical (unpaired) electrons. The molecule has 1 amide bonds. The first-order chi connectivity index (χ1) is 8.32. The molecule has 0 aliphatic heterocycles. The van der Waals surface area contributed by atoms with Gasteiger partial charge in [-0.3, -0.25) is 9.78 Å². The standard InChI is InChI=1S/C14H21N3O/c1-8-5-6-10(9(2)16-8)13(18)17-12-7-11(15)14(12,3)4/h5-6,11-12H,7,15H2,1-4H3,(H,17,18). The smallest absolute Gasteiger partial charge is 0.253 e. The number of aromatic nitrogens is 1. The Kier molecular flexibility index (Phi) is 3.15. The lowest BCUT2D eigenvalue weighted by molar-refractivity contribution is 0.0586. The van der Waals surface area contributed by atoms with Crippen LogP contribution in [0.3, 0.4) is 0 Å². The fourth-order valence-electron chi connectivity index (χ4n) is 2.37. The molecule has 0 aromatic carbocycles. The number of carbonyl (C=O) groups excluding carboxylic acids is 1. The van der Waals surface area contributed by atoms with Gasteiger partial charge in [0, 0.05) is 23.2 Å². The van der Waals surface area contributed by atoms with Crippen molar-refractivity contribution in [3.63, 3.8) is 0 Å². The van der Waals surface area contributed by atoms with Crippen LogP contribution in [0, 0.1) is 19.3 Å². The van der Waals surface area contributed by atoms with Crippen LogP contribution in [0.1, 0.15) is 42.0 Å². The zero-order chi connectivity index (χ0) is 13.5. The molecule has 18 heavy (non-hydrogen) atoms. The van der Waals surface area contributed by atoms with Gasteiger partial charge in [-0.1, -0.05) is 13.8 Å². The highest BCUT2D eigenvalue weighted by atomic mass is 16.1. The molecule has 2 unspecified atom stereocenters. The molecule has 0 saturated heterocycles. The van der Waals surface area contributed by atoms with Crippen molar-refractivity contribution >= 4 is 5.91 Å². The fraction of sp³-hybridized carbons (Fsp3) is 0.571. The SMILES string of the molecule is Cc1ccc(C(=O)NC2CC(N)C2(C)C)c(C)n1. The largest absolute Gasteiger partial charge is 0.349 e. The van der Waals surface area contributed by atoms with Crippen molar-refractivity contribution in [3.8, 4) is 0 Å². The fourth-order valence-corrected chi connectivity index (χ4v) is 2.37. The maximum atomic E-state index is 12.2. The van der Waals surface area contributed by atoms with Gasteiger partial charge >= 0.3 is 0 Å². The summed E-state index contributed by atoms with van der Waals surface area (Å²) in [7, 11) is 0. The minimum atomic E-state index is -0.0509. The molecule has 1 saturated carbocycles. The summed E-state index contributed by atoms with van der Waals surface area (Å²) < 4.78 is 0. The van der Waals surface area contributed by atoms with E-state index < -0.39 is 0 Å². The maximum absolute atomic E-state index is 12.2. The summed E-state index contributed by atoms with van der Waals surface area (Å²) in [5, 5.41) is 3.05. The normalized spacial score (nSPS) is 25.4. The van der Waals surface area contributed by atoms with Crippen LogP contribution in [0.5, 0.6) is 0 Å². The summed E-state index contributed by atoms with van der Waals surface area (Å²) in [6, 6.07) is 4.01. The Morgan fingerprint density at radius 1 is 1.44 bits per heavy atom. The van der Waals surface area contributed by atoms with E-state index >= 15 is 0 Å². The molecule has 0 spiro atoms. The third-order valence-electron chi connectivity index (χ3n) is 4.12. The van der Waals surface area contributed by atoms with Crippen LogP contribution in [-0.4, -0.2) is 23.0 Å². The average molecular weight is 247 g/mol. The Labute approximate surface area is 108 Å². The zero-order valence-corrected chi connectivity index (χ0v) is 11.4. The average Bonchev–Trinajstić information content (AvgIpc) is 2.28. The molecule has 0 bridgehead atoms. The molecular weight excluding hydrogens is 226 g/mol. The topological polar surface area (TPSA) is 68.0 Å². The monoisotopic (exact) mass is 247 g/mol. The van der Waals surface area contributed by atoms with Crippen molar-refractivity contribution in [3.05, 3.63) is 29.1 Å². The number of nitrogens with one attached hydrogen (secondary N) is 1. The van der Waals surface area contributed by atoms with Crippen LogP contribution < -0.4 is 11.1 Å². The van der Waals surface area contributed by atoms with Crippen LogP contribution in [0.2, 0.25) is 0 Å². The molecule has 1 aliphatic carbocycles. The first-order valence-corrected chi connectivity index (χ1v) is 6.33. The summed E-state index contributed by atoms with van der Waals surface area (Å²) in [4.78, 5) is 16.5. The maximum Gasteiger partial charge on any atom is 0.253 e. The second-order valence-electron chi connectivity index (χ2n) is 5.78. The summed E-state index contributed by atoms with van der Waals surface area (Å²) in [6.45, 7) is 7.96. The van der Waals surface area contributed by atoms with Gasteiger partial charge in [-0.15, -0.1) is 0 Å². The third kappa shape index (κ3) is 2.12. The number of nitrogens with zero attached hydrogens (tertiary/aromatic N) is 1. The minimum Gasteiger partial charge on any atom is -0.349 e. The summed E-state index contributed by atoms with van der Waals surface area (Å²) in [5.41, 5.74) is 8.27. The highest BCUT2D eigenvalue weighted by Gasteiger charge is 2.46. The predicted octanol–water partition coefficient (Wildman–Crippen LogP) is 1.55. The van der Waals surface area contributed by atoms with Gasteiger partial charge in [-0.05, 0) is 32.4 Å². The molecule has 1 heterocycles. The Hall–Kier alpha value is -1.42. The molecule has 1 aliphatic rings. The Bertz CT molecular complexity index is 482. The van der Waals surface area contributed by atoms with E-state index in [4.69, 9.17) is 5.73 Å². The van der Waals surface area contributed by atoms with Crippen LogP contribution >= 0.6 is 0 Å². The molecule has 3 N–H and O–H groups in total. The number of hydrogen-bond donors (Lipinski definition) is 2. The predicted molar refractivity (Wildman–Crippen MR) is 71.3 cm³/mol. The second-order valence-corrected chi connectivity index (χ2v) is 5.78. The van der Waals surface area contributed by atoms with Crippen LogP contribution in [-0.2, 0) is 0 Å². The number of rotatable bonds is 2. The van der Waals surface area contributed by atoms with E-state index in [1.165, 1.54) is 0 Å². The number of carbonyl (C=O) groups is 1. The van der Waals surface area contributed by atoms with Gasteiger partial charge in [0.1, 0.15) is 0 Å². The van der Waals surface area contributed by atoms with E-state index in [9.17, 15) is 4.79 Å². The Morgan fingerprint density at radius 2 is 2.11 bits per heavy atom. The molecule has 4 nitrogen and oxygen atoms in total. The van der Waals surface area contributed by atoms with Crippen molar-refractivity contribution in [2.45, 2.75) is 46.2 Å². The highest BCUT2D eigenvalue weighted by Crippen LogP contribution is 2.39. The van der Waals surface area contributed by atoms with E-state index in [1.807, 2.05) is 26.0 Å². The first-order valence-electron chi connectivity index (χ1n) is 6.33. The number of hydrogen-bond acceptors (Lipinski definition) is 3. The number of amides is 1. The molecular formula is C14H21N3O. The Balaban J connectivity index is 2.09. The zero-order valence-electron chi connectivity index (χ0n) is 11.4. The molecule has 1 aromatic heterocycles. The number of nitrogens with two attached hydrogens (primary N) is 1. The summed E-state index contributed by atoms with van der Waals surface area (Å²) >= 11 is 0. The molecule has 4 heteroatoms. The van der Waals surface area contributed by atoms with Gasteiger partial charge in [-0.25, -0.2) is 0 Å². The number of aryl methyl sites for hydroxylation is 2. The van der Waals surface area contributed by atoms with Gasteiger partial charge < -0.3 is 11.1 Å². The van der Waals surface area contributed by atoms with Gasteiger partial charge in [0.25, 0.3) is 5.91 Å². The molecule has 2 atom stereocenters. The van der Waals surface area contributed by atoms with Gasteiger partial charge in [0.15, 0.2) is 0 Å². The van der Waals surface area contributed by atoms with E-state index in [-0.39, 0.29) is 23.4 Å². The first kappa shape index (κ1) is 13.0. The van der Waals surface area contributed by atoms with Crippen molar-refractivity contribution in [2.75, 3.05) is 0 Å². The highest BCUT2D eigenvalue weighted by molar-refractivity contribution is 5.95. The van der Waals surface area contributed by atoms with E-state index in [0.29, 0.717) is 5.56 Å². The lowest BCUT2D eigenvalue weighted by Crippen LogP contribution is -2.64. The van der Waals surface area contributed by atoms with Crippen molar-refractivity contribution < 1.29 is 4.79 Å². The summed E-state index contributed by atoms with van der Waals surface area (Å²) in [5.74, 6) is -0.0509.